The highest BCUT2D eigenvalue weighted by Crippen LogP contribution is 2.16. The van der Waals surface area contributed by atoms with E-state index in [9.17, 15) is 9.59 Å². The number of benzene rings is 2. The zero-order valence-electron chi connectivity index (χ0n) is 15.8. The van der Waals surface area contributed by atoms with Crippen molar-refractivity contribution in [3.05, 3.63) is 93.4 Å². The monoisotopic (exact) mass is 406 g/mol. The SMILES string of the molecule is Cc1ccc(-n2c(=O)c3cccnc3n2CC(=O)NCc2ccccc2Cl)cc1. The van der Waals surface area contributed by atoms with Crippen molar-refractivity contribution in [2.45, 2.75) is 20.0 Å². The predicted octanol–water partition coefficient (Wildman–Crippen LogP) is 3.47. The molecule has 146 valence electrons. The lowest BCUT2D eigenvalue weighted by molar-refractivity contribution is -0.122. The Hall–Kier alpha value is -3.38. The highest BCUT2D eigenvalue weighted by Gasteiger charge is 2.17. The van der Waals surface area contributed by atoms with E-state index in [1.54, 1.807) is 29.1 Å². The van der Waals surface area contributed by atoms with E-state index in [4.69, 9.17) is 11.6 Å². The number of rotatable bonds is 5. The van der Waals surface area contributed by atoms with Crippen molar-refractivity contribution in [2.24, 2.45) is 0 Å². The van der Waals surface area contributed by atoms with Crippen LogP contribution in [-0.2, 0) is 17.9 Å². The minimum atomic E-state index is -0.242. The predicted molar refractivity (Wildman–Crippen MR) is 113 cm³/mol. The van der Waals surface area contributed by atoms with E-state index in [0.717, 1.165) is 11.1 Å². The van der Waals surface area contributed by atoms with Crippen LogP contribution in [0.4, 0.5) is 0 Å². The lowest BCUT2D eigenvalue weighted by Gasteiger charge is -2.13. The molecule has 2 aromatic carbocycles. The number of hydrogen-bond donors (Lipinski definition) is 1. The van der Waals surface area contributed by atoms with Gasteiger partial charge in [-0.2, -0.15) is 0 Å². The molecule has 29 heavy (non-hydrogen) atoms. The Bertz CT molecular complexity index is 1240. The highest BCUT2D eigenvalue weighted by molar-refractivity contribution is 6.31. The van der Waals surface area contributed by atoms with Crippen LogP contribution in [0.2, 0.25) is 5.02 Å². The van der Waals surface area contributed by atoms with Crippen molar-refractivity contribution in [2.75, 3.05) is 0 Å². The lowest BCUT2D eigenvalue weighted by Crippen LogP contribution is -2.31. The van der Waals surface area contributed by atoms with Crippen LogP contribution in [0, 0.1) is 6.92 Å². The third kappa shape index (κ3) is 3.79. The standard InChI is InChI=1S/C22H19ClN4O2/c1-15-8-10-17(11-9-15)27-22(29)18-6-4-12-24-21(18)26(27)14-20(28)25-13-16-5-2-3-7-19(16)23/h2-12H,13-14H2,1H3,(H,25,28). The average molecular weight is 407 g/mol. The first kappa shape index (κ1) is 19.0. The summed E-state index contributed by atoms with van der Waals surface area (Å²) in [5, 5.41) is 3.92. The normalized spacial score (nSPS) is 11.0. The van der Waals surface area contributed by atoms with E-state index in [1.807, 2.05) is 49.4 Å². The Morgan fingerprint density at radius 2 is 1.83 bits per heavy atom. The van der Waals surface area contributed by atoms with Gasteiger partial charge >= 0.3 is 0 Å². The molecule has 2 heterocycles. The topological polar surface area (TPSA) is 68.9 Å². The van der Waals surface area contributed by atoms with Gasteiger partial charge in [0.25, 0.3) is 5.56 Å². The second-order valence-electron chi connectivity index (χ2n) is 6.75. The molecular weight excluding hydrogens is 388 g/mol. The molecule has 4 rings (SSSR count). The van der Waals surface area contributed by atoms with Crippen molar-refractivity contribution < 1.29 is 4.79 Å². The summed E-state index contributed by atoms with van der Waals surface area (Å²) >= 11 is 6.16. The summed E-state index contributed by atoms with van der Waals surface area (Å²) < 4.78 is 3.09. The van der Waals surface area contributed by atoms with Gasteiger partial charge in [0.2, 0.25) is 5.91 Å². The van der Waals surface area contributed by atoms with Crippen LogP contribution in [0.25, 0.3) is 16.7 Å². The summed E-state index contributed by atoms with van der Waals surface area (Å²) in [6, 6.07) is 18.3. The smallest absolute Gasteiger partial charge is 0.280 e. The minimum absolute atomic E-state index is 0.0475. The lowest BCUT2D eigenvalue weighted by atomic mass is 10.2. The average Bonchev–Trinajstić information content (AvgIpc) is 3.00. The maximum absolute atomic E-state index is 13.0. The van der Waals surface area contributed by atoms with Gasteiger partial charge in [0.15, 0.2) is 5.65 Å². The van der Waals surface area contributed by atoms with Gasteiger partial charge in [-0.15, -0.1) is 0 Å². The first-order chi connectivity index (χ1) is 14.0. The molecule has 0 unspecified atom stereocenters. The maximum atomic E-state index is 13.0. The third-order valence-electron chi connectivity index (χ3n) is 4.70. The Balaban J connectivity index is 1.68. The number of pyridine rings is 1. The Morgan fingerprint density at radius 3 is 2.59 bits per heavy atom. The number of hydrogen-bond acceptors (Lipinski definition) is 3. The Morgan fingerprint density at radius 1 is 1.07 bits per heavy atom. The van der Waals surface area contributed by atoms with Gasteiger partial charge in [0.05, 0.1) is 11.1 Å². The third-order valence-corrected chi connectivity index (χ3v) is 5.07. The molecule has 0 bridgehead atoms. The highest BCUT2D eigenvalue weighted by atomic mass is 35.5. The van der Waals surface area contributed by atoms with E-state index >= 15 is 0 Å². The number of halogens is 1. The number of aromatic nitrogens is 3. The molecule has 1 amide bonds. The summed E-state index contributed by atoms with van der Waals surface area (Å²) in [4.78, 5) is 30.0. The van der Waals surface area contributed by atoms with Crippen LogP contribution in [0.5, 0.6) is 0 Å². The van der Waals surface area contributed by atoms with Crippen molar-refractivity contribution in [1.82, 2.24) is 19.7 Å². The van der Waals surface area contributed by atoms with Gasteiger partial charge in [0, 0.05) is 17.8 Å². The fourth-order valence-corrected chi connectivity index (χ4v) is 3.41. The number of carbonyl (C=O) groups excluding carboxylic acids is 1. The molecular formula is C22H19ClN4O2. The van der Waals surface area contributed by atoms with Gasteiger partial charge in [-0.3, -0.25) is 14.3 Å². The first-order valence-corrected chi connectivity index (χ1v) is 9.56. The van der Waals surface area contributed by atoms with E-state index in [0.29, 0.717) is 28.3 Å². The molecule has 2 aromatic heterocycles. The van der Waals surface area contributed by atoms with Crippen LogP contribution in [0.3, 0.4) is 0 Å². The van der Waals surface area contributed by atoms with E-state index < -0.39 is 0 Å². The van der Waals surface area contributed by atoms with Crippen molar-refractivity contribution in [1.29, 1.82) is 0 Å². The summed E-state index contributed by atoms with van der Waals surface area (Å²) in [6.45, 7) is 2.24. The quantitative estimate of drug-likeness (QED) is 0.551. The minimum Gasteiger partial charge on any atom is -0.350 e. The van der Waals surface area contributed by atoms with Gasteiger partial charge in [-0.1, -0.05) is 47.5 Å². The zero-order valence-corrected chi connectivity index (χ0v) is 16.6. The van der Waals surface area contributed by atoms with E-state index in [1.165, 1.54) is 4.68 Å². The molecule has 0 aliphatic rings. The molecule has 0 saturated carbocycles. The van der Waals surface area contributed by atoms with Crippen molar-refractivity contribution >= 4 is 28.5 Å². The maximum Gasteiger partial charge on any atom is 0.280 e. The molecule has 7 heteroatoms. The summed E-state index contributed by atoms with van der Waals surface area (Å²) in [6.07, 6.45) is 1.61. The summed E-state index contributed by atoms with van der Waals surface area (Å²) in [7, 11) is 0. The molecule has 0 saturated heterocycles. The molecule has 0 aliphatic carbocycles. The van der Waals surface area contributed by atoms with Crippen LogP contribution >= 0.6 is 11.6 Å². The fourth-order valence-electron chi connectivity index (χ4n) is 3.20. The van der Waals surface area contributed by atoms with Crippen molar-refractivity contribution in [3.8, 4) is 5.69 Å². The van der Waals surface area contributed by atoms with E-state index in [2.05, 4.69) is 10.3 Å². The molecule has 0 aliphatic heterocycles. The number of nitrogens with one attached hydrogen (secondary N) is 1. The fraction of sp³-hybridized carbons (Fsp3) is 0.136. The van der Waals surface area contributed by atoms with Gasteiger partial charge in [0.1, 0.15) is 6.54 Å². The summed E-state index contributed by atoms with van der Waals surface area (Å²) in [5.74, 6) is -0.242. The van der Waals surface area contributed by atoms with E-state index in [-0.39, 0.29) is 18.0 Å². The molecule has 0 atom stereocenters. The molecule has 0 spiro atoms. The Labute approximate surface area is 172 Å². The number of carbonyl (C=O) groups is 1. The van der Waals surface area contributed by atoms with Crippen LogP contribution in [-0.4, -0.2) is 20.3 Å². The van der Waals surface area contributed by atoms with Crippen molar-refractivity contribution in [3.63, 3.8) is 0 Å². The van der Waals surface area contributed by atoms with Gasteiger partial charge in [-0.25, -0.2) is 9.67 Å². The number of amides is 1. The van der Waals surface area contributed by atoms with Crippen LogP contribution in [0.15, 0.2) is 71.7 Å². The Kier molecular flexibility index (Phi) is 5.18. The zero-order chi connectivity index (χ0) is 20.4. The van der Waals surface area contributed by atoms with Gasteiger partial charge in [-0.05, 0) is 42.8 Å². The molecule has 0 radical (unpaired) electrons. The number of nitrogens with zero attached hydrogens (tertiary/aromatic N) is 3. The van der Waals surface area contributed by atoms with Crippen LogP contribution < -0.4 is 10.9 Å². The number of fused-ring (bicyclic) bond motifs is 1. The van der Waals surface area contributed by atoms with Gasteiger partial charge < -0.3 is 5.32 Å². The first-order valence-electron chi connectivity index (χ1n) is 9.18. The largest absolute Gasteiger partial charge is 0.350 e. The molecule has 0 fully saturated rings. The molecule has 6 nitrogen and oxygen atoms in total. The number of aryl methyl sites for hydroxylation is 1. The van der Waals surface area contributed by atoms with Crippen LogP contribution in [0.1, 0.15) is 11.1 Å². The summed E-state index contributed by atoms with van der Waals surface area (Å²) in [5.41, 5.74) is 2.84. The second-order valence-corrected chi connectivity index (χ2v) is 7.16. The second kappa shape index (κ2) is 7.93. The molecule has 4 aromatic rings. The molecule has 1 N–H and O–H groups in total.